The van der Waals surface area contributed by atoms with Gasteiger partial charge in [0.2, 0.25) is 0 Å². The summed E-state index contributed by atoms with van der Waals surface area (Å²) in [7, 11) is 9.30. The molecule has 0 radical (unpaired) electrons. The molecule has 0 atom stereocenters. The number of hydrogen-bond acceptors (Lipinski definition) is 5. The first-order valence-electron chi connectivity index (χ1n) is 11.6. The van der Waals surface area contributed by atoms with Crippen molar-refractivity contribution in [3.8, 4) is 5.75 Å². The van der Waals surface area contributed by atoms with Crippen LogP contribution in [0.15, 0.2) is 66.7 Å². The molecule has 0 bridgehead atoms. The lowest BCUT2D eigenvalue weighted by Crippen LogP contribution is -2.41. The first-order valence-corrected chi connectivity index (χ1v) is 11.6. The maximum absolute atomic E-state index is 15.4. The highest BCUT2D eigenvalue weighted by Crippen LogP contribution is 2.41. The van der Waals surface area contributed by atoms with Crippen molar-refractivity contribution in [1.29, 1.82) is 0 Å². The number of halogens is 2. The molecule has 0 spiro atoms. The Balaban J connectivity index is 1.84. The molecule has 36 heavy (non-hydrogen) atoms. The minimum atomic E-state index is -4.55. The second-order valence-corrected chi connectivity index (χ2v) is 9.40. The quantitative estimate of drug-likeness (QED) is 0.355. The van der Waals surface area contributed by atoms with Crippen molar-refractivity contribution < 1.29 is 22.8 Å². The lowest BCUT2D eigenvalue weighted by Gasteiger charge is -2.25. The Kier molecular flexibility index (Phi) is 5.66. The van der Waals surface area contributed by atoms with Gasteiger partial charge < -0.3 is 27.8 Å². The van der Waals surface area contributed by atoms with Crippen LogP contribution in [0.4, 0.5) is 24.8 Å². The molecule has 0 amide bonds. The van der Waals surface area contributed by atoms with E-state index in [1.54, 1.807) is 18.2 Å². The van der Waals surface area contributed by atoms with Gasteiger partial charge in [0.15, 0.2) is 0 Å². The fourth-order valence-electron chi connectivity index (χ4n) is 4.96. The molecule has 186 valence electrons. The molecule has 0 saturated heterocycles. The molecule has 3 aromatic carbocycles. The largest absolute Gasteiger partial charge is 0.616 e. The van der Waals surface area contributed by atoms with Gasteiger partial charge in [-0.15, -0.1) is 0 Å². The maximum Gasteiger partial charge on any atom is 0.553 e. The molecule has 1 aliphatic rings. The van der Waals surface area contributed by atoms with Crippen LogP contribution in [-0.4, -0.2) is 52.9 Å². The van der Waals surface area contributed by atoms with E-state index >= 15 is 8.63 Å². The monoisotopic (exact) mass is 490 g/mol. The van der Waals surface area contributed by atoms with Crippen molar-refractivity contribution in [2.75, 3.05) is 45.1 Å². The van der Waals surface area contributed by atoms with E-state index < -0.39 is 18.9 Å². The van der Waals surface area contributed by atoms with Crippen LogP contribution >= 0.6 is 0 Å². The molecule has 0 unspecified atom stereocenters. The number of anilines is 2. The van der Waals surface area contributed by atoms with Crippen LogP contribution in [0.25, 0.3) is 10.9 Å². The molecular weight excluding hydrogens is 463 g/mol. The zero-order valence-electron chi connectivity index (χ0n) is 20.8. The summed E-state index contributed by atoms with van der Waals surface area (Å²) >= 11 is 0. The first kappa shape index (κ1) is 23.7. The van der Waals surface area contributed by atoms with E-state index in [-0.39, 0.29) is 5.59 Å². The van der Waals surface area contributed by atoms with Gasteiger partial charge in [0.25, 0.3) is 0 Å². The minimum absolute atomic E-state index is 0.343. The number of hydrogen-bond donors (Lipinski definition) is 0. The zero-order valence-corrected chi connectivity index (χ0v) is 20.8. The Morgan fingerprint density at radius 1 is 0.861 bits per heavy atom. The molecule has 0 N–H and O–H groups in total. The molecular formula is C27H27BF2N3O3-. The second-order valence-electron chi connectivity index (χ2n) is 9.40. The number of carbonyl (C=O) groups is 1. The van der Waals surface area contributed by atoms with Gasteiger partial charge in [0.05, 0.1) is 12.6 Å². The number of rotatable bonds is 6. The van der Waals surface area contributed by atoms with E-state index in [9.17, 15) is 4.79 Å². The van der Waals surface area contributed by atoms with Crippen LogP contribution in [0.1, 0.15) is 22.6 Å². The summed E-state index contributed by atoms with van der Waals surface area (Å²) in [6.45, 7) is -4.55. The van der Waals surface area contributed by atoms with Crippen molar-refractivity contribution in [3.63, 3.8) is 0 Å². The molecule has 4 aromatic rings. The fourth-order valence-corrected chi connectivity index (χ4v) is 4.96. The molecule has 1 aliphatic heterocycles. The van der Waals surface area contributed by atoms with Crippen LogP contribution in [0.3, 0.4) is 0 Å². The molecule has 1 aromatic heterocycles. The SMILES string of the molecule is COc1ccc2c(c1)c(C(c1ccc(N(C)C)cc1)c1ccc(N(C)C)cc1)c1n2C(=O)O[B-]1(F)F. The molecule has 6 nitrogen and oxygen atoms in total. The summed E-state index contributed by atoms with van der Waals surface area (Å²) in [6.07, 6.45) is -1.07. The summed E-state index contributed by atoms with van der Waals surface area (Å²) in [5, 5.41) is 0.529. The third-order valence-electron chi connectivity index (χ3n) is 6.78. The van der Waals surface area contributed by atoms with Crippen LogP contribution in [-0.2, 0) is 4.65 Å². The molecule has 5 rings (SSSR count). The summed E-state index contributed by atoms with van der Waals surface area (Å²) in [5.74, 6) is -0.0626. The summed E-state index contributed by atoms with van der Waals surface area (Å²) in [5.41, 5.74) is 3.94. The topological polar surface area (TPSA) is 46.9 Å². The van der Waals surface area contributed by atoms with E-state index in [1.807, 2.05) is 86.5 Å². The van der Waals surface area contributed by atoms with E-state index in [1.165, 1.54) is 7.11 Å². The van der Waals surface area contributed by atoms with E-state index in [4.69, 9.17) is 4.74 Å². The smallest absolute Gasteiger partial charge is 0.553 e. The number of nitrogens with zero attached hydrogens (tertiary/aromatic N) is 3. The fraction of sp³-hybridized carbons (Fsp3) is 0.222. The van der Waals surface area contributed by atoms with Crippen molar-refractivity contribution in [1.82, 2.24) is 4.57 Å². The van der Waals surface area contributed by atoms with Gasteiger partial charge >= 0.3 is 13.0 Å². The predicted octanol–water partition coefficient (Wildman–Crippen LogP) is 5.05. The predicted molar refractivity (Wildman–Crippen MR) is 140 cm³/mol. The molecule has 9 heteroatoms. The maximum atomic E-state index is 15.4. The summed E-state index contributed by atoms with van der Waals surface area (Å²) in [6, 6.07) is 20.6. The highest BCUT2D eigenvalue weighted by Gasteiger charge is 2.47. The third kappa shape index (κ3) is 3.75. The molecule has 0 aliphatic carbocycles. The average Bonchev–Trinajstić information content (AvgIpc) is 3.31. The van der Waals surface area contributed by atoms with E-state index in [0.717, 1.165) is 27.1 Å². The average molecular weight is 490 g/mol. The van der Waals surface area contributed by atoms with Crippen molar-refractivity contribution in [2.45, 2.75) is 5.92 Å². The van der Waals surface area contributed by atoms with Crippen LogP contribution in [0, 0.1) is 0 Å². The van der Waals surface area contributed by atoms with Gasteiger partial charge in [-0.3, -0.25) is 4.57 Å². The van der Waals surface area contributed by atoms with Crippen LogP contribution < -0.4 is 20.1 Å². The molecule has 2 heterocycles. The Bertz CT molecular complexity index is 1400. The third-order valence-corrected chi connectivity index (χ3v) is 6.78. The van der Waals surface area contributed by atoms with Gasteiger partial charge in [-0.25, -0.2) is 4.79 Å². The second kappa shape index (κ2) is 8.58. The normalized spacial score (nSPS) is 14.2. The Labute approximate surface area is 208 Å². The highest BCUT2D eigenvalue weighted by atomic mass is 19.3. The highest BCUT2D eigenvalue weighted by molar-refractivity contribution is 6.78. The lowest BCUT2D eigenvalue weighted by molar-refractivity contribution is 0.196. The molecule has 0 saturated carbocycles. The van der Waals surface area contributed by atoms with Crippen molar-refractivity contribution in [2.24, 2.45) is 0 Å². The number of fused-ring (bicyclic) bond motifs is 3. The van der Waals surface area contributed by atoms with Crippen molar-refractivity contribution >= 4 is 40.9 Å². The number of methoxy groups -OCH3 is 1. The van der Waals surface area contributed by atoms with Crippen LogP contribution in [0.2, 0.25) is 0 Å². The van der Waals surface area contributed by atoms with Gasteiger partial charge in [-0.1, -0.05) is 24.3 Å². The van der Waals surface area contributed by atoms with E-state index in [0.29, 0.717) is 22.2 Å². The number of ether oxygens (including phenoxy) is 1. The molecule has 0 fully saturated rings. The van der Waals surface area contributed by atoms with E-state index in [2.05, 4.69) is 4.65 Å². The first-order chi connectivity index (χ1) is 17.1. The number of benzene rings is 3. The van der Waals surface area contributed by atoms with Gasteiger partial charge in [-0.2, -0.15) is 0 Å². The standard InChI is InChI=1S/C27H27BF2N3O3/c1-31(2)19-10-6-17(7-11-19)24(18-8-12-20(13-9-18)32(3)4)25-22-16-21(35-5)14-15-23(22)33-26(25)28(29,30)36-27(33)34/h6-16,24H,1-5H3/q-1. The lowest BCUT2D eigenvalue weighted by atomic mass is 9.73. The Morgan fingerprint density at radius 3 is 1.86 bits per heavy atom. The van der Waals surface area contributed by atoms with Gasteiger partial charge in [-0.05, 0) is 64.7 Å². The van der Waals surface area contributed by atoms with Crippen LogP contribution in [0.5, 0.6) is 5.75 Å². The zero-order chi connectivity index (χ0) is 25.8. The van der Waals surface area contributed by atoms with Gasteiger partial charge in [0.1, 0.15) is 5.75 Å². The number of carbonyl (C=O) groups excluding carboxylic acids is 1. The summed E-state index contributed by atoms with van der Waals surface area (Å²) < 4.78 is 41.7. The van der Waals surface area contributed by atoms with Gasteiger partial charge in [0, 0.05) is 50.9 Å². The Morgan fingerprint density at radius 2 is 1.39 bits per heavy atom. The Hall–Kier alpha value is -4.01. The minimum Gasteiger partial charge on any atom is -0.616 e. The number of aromatic nitrogens is 1. The summed E-state index contributed by atoms with van der Waals surface area (Å²) in [4.78, 5) is 16.6. The van der Waals surface area contributed by atoms with Crippen molar-refractivity contribution in [3.05, 3.63) is 83.4 Å².